The molecular formula is C12H8BrN3. The van der Waals surface area contributed by atoms with Crippen molar-refractivity contribution >= 4 is 21.6 Å². The van der Waals surface area contributed by atoms with Gasteiger partial charge in [-0.2, -0.15) is 0 Å². The molecule has 0 aliphatic rings. The Hall–Kier alpha value is -1.68. The lowest BCUT2D eigenvalue weighted by molar-refractivity contribution is 1.19. The highest BCUT2D eigenvalue weighted by atomic mass is 79.9. The first-order valence-electron chi connectivity index (χ1n) is 4.89. The van der Waals surface area contributed by atoms with Crippen LogP contribution in [0.4, 0.5) is 0 Å². The Morgan fingerprint density at radius 1 is 0.938 bits per heavy atom. The van der Waals surface area contributed by atoms with Crippen LogP contribution >= 0.6 is 15.9 Å². The Kier molecular flexibility index (Phi) is 2.22. The molecule has 0 bridgehead atoms. The highest BCUT2D eigenvalue weighted by molar-refractivity contribution is 9.10. The lowest BCUT2D eigenvalue weighted by Gasteiger charge is -1.94. The van der Waals surface area contributed by atoms with E-state index in [1.54, 1.807) is 0 Å². The van der Waals surface area contributed by atoms with Gasteiger partial charge in [0.2, 0.25) is 0 Å². The standard InChI is InChI=1S/C12H8BrN3/c13-11-5-3-4-9(14-11)10-8-16-7-2-1-6-12(16)15-10/h1-8H. The maximum absolute atomic E-state index is 4.50. The largest absolute Gasteiger partial charge is 0.306 e. The Morgan fingerprint density at radius 3 is 2.69 bits per heavy atom. The summed E-state index contributed by atoms with van der Waals surface area (Å²) >= 11 is 3.36. The molecule has 0 spiro atoms. The lowest BCUT2D eigenvalue weighted by atomic mass is 10.3. The van der Waals surface area contributed by atoms with Gasteiger partial charge in [-0.1, -0.05) is 12.1 Å². The Morgan fingerprint density at radius 2 is 1.88 bits per heavy atom. The van der Waals surface area contributed by atoms with Gasteiger partial charge in [-0.15, -0.1) is 0 Å². The van der Waals surface area contributed by atoms with Crippen molar-refractivity contribution in [3.05, 3.63) is 53.4 Å². The van der Waals surface area contributed by atoms with E-state index < -0.39 is 0 Å². The predicted octanol–water partition coefficient (Wildman–Crippen LogP) is 3.16. The fourth-order valence-corrected chi connectivity index (χ4v) is 1.95. The van der Waals surface area contributed by atoms with E-state index in [1.165, 1.54) is 0 Å². The topological polar surface area (TPSA) is 30.2 Å². The van der Waals surface area contributed by atoms with E-state index in [9.17, 15) is 0 Å². The zero-order valence-corrected chi connectivity index (χ0v) is 9.92. The van der Waals surface area contributed by atoms with Crippen LogP contribution in [-0.4, -0.2) is 14.4 Å². The van der Waals surface area contributed by atoms with E-state index >= 15 is 0 Å². The maximum Gasteiger partial charge on any atom is 0.137 e. The number of halogens is 1. The smallest absolute Gasteiger partial charge is 0.137 e. The van der Waals surface area contributed by atoms with E-state index in [0.29, 0.717) is 0 Å². The predicted molar refractivity (Wildman–Crippen MR) is 66.1 cm³/mol. The van der Waals surface area contributed by atoms with Crippen LogP contribution in [0.3, 0.4) is 0 Å². The van der Waals surface area contributed by atoms with Crippen molar-refractivity contribution in [2.75, 3.05) is 0 Å². The van der Waals surface area contributed by atoms with Gasteiger partial charge in [0.1, 0.15) is 15.9 Å². The average Bonchev–Trinajstić information content (AvgIpc) is 2.72. The fourth-order valence-electron chi connectivity index (χ4n) is 1.61. The van der Waals surface area contributed by atoms with E-state index in [4.69, 9.17) is 0 Å². The molecule has 0 fully saturated rings. The van der Waals surface area contributed by atoms with Crippen molar-refractivity contribution in [2.45, 2.75) is 0 Å². The van der Waals surface area contributed by atoms with Gasteiger partial charge in [-0.3, -0.25) is 0 Å². The second-order valence-corrected chi connectivity index (χ2v) is 4.25. The first kappa shape index (κ1) is 9.54. The van der Waals surface area contributed by atoms with Crippen molar-refractivity contribution in [3.63, 3.8) is 0 Å². The molecule has 0 atom stereocenters. The van der Waals surface area contributed by atoms with Gasteiger partial charge in [-0.25, -0.2) is 9.97 Å². The van der Waals surface area contributed by atoms with E-state index in [0.717, 1.165) is 21.6 Å². The van der Waals surface area contributed by atoms with E-state index in [-0.39, 0.29) is 0 Å². The number of pyridine rings is 2. The number of rotatable bonds is 1. The quantitative estimate of drug-likeness (QED) is 0.638. The summed E-state index contributed by atoms with van der Waals surface area (Å²) < 4.78 is 2.81. The van der Waals surface area contributed by atoms with Crippen LogP contribution in [0, 0.1) is 0 Å². The molecule has 0 unspecified atom stereocenters. The summed E-state index contributed by atoms with van der Waals surface area (Å²) in [5.41, 5.74) is 2.69. The first-order chi connectivity index (χ1) is 7.83. The summed E-state index contributed by atoms with van der Waals surface area (Å²) in [6, 6.07) is 11.7. The van der Waals surface area contributed by atoms with E-state index in [1.807, 2.05) is 53.2 Å². The highest BCUT2D eigenvalue weighted by Gasteiger charge is 2.04. The number of hydrogen-bond donors (Lipinski definition) is 0. The van der Waals surface area contributed by atoms with Crippen LogP contribution in [0.15, 0.2) is 53.4 Å². The Bertz CT molecular complexity index is 612. The second kappa shape index (κ2) is 3.72. The Balaban J connectivity index is 2.19. The molecule has 0 amide bonds. The molecule has 3 rings (SSSR count). The molecule has 3 aromatic heterocycles. The highest BCUT2D eigenvalue weighted by Crippen LogP contribution is 2.18. The maximum atomic E-state index is 4.50. The zero-order chi connectivity index (χ0) is 11.0. The second-order valence-electron chi connectivity index (χ2n) is 3.44. The summed E-state index contributed by atoms with van der Waals surface area (Å²) in [5.74, 6) is 0. The van der Waals surface area contributed by atoms with Crippen LogP contribution in [0.5, 0.6) is 0 Å². The van der Waals surface area contributed by atoms with Crippen LogP contribution in [0.1, 0.15) is 0 Å². The molecule has 0 saturated heterocycles. The fraction of sp³-hybridized carbons (Fsp3) is 0. The minimum absolute atomic E-state index is 0.821. The third-order valence-electron chi connectivity index (χ3n) is 2.34. The molecule has 3 nitrogen and oxygen atoms in total. The summed E-state index contributed by atoms with van der Waals surface area (Å²) in [7, 11) is 0. The zero-order valence-electron chi connectivity index (χ0n) is 8.34. The van der Waals surface area contributed by atoms with Crippen molar-refractivity contribution in [2.24, 2.45) is 0 Å². The van der Waals surface area contributed by atoms with Gasteiger partial charge in [0, 0.05) is 12.4 Å². The third kappa shape index (κ3) is 1.61. The summed E-state index contributed by atoms with van der Waals surface area (Å²) in [6.07, 6.45) is 3.95. The van der Waals surface area contributed by atoms with Gasteiger partial charge in [0.25, 0.3) is 0 Å². The summed E-state index contributed by atoms with van der Waals surface area (Å²) in [5, 5.41) is 0. The Labute approximate surface area is 101 Å². The van der Waals surface area contributed by atoms with Gasteiger partial charge in [-0.05, 0) is 40.2 Å². The number of aromatic nitrogens is 3. The molecule has 16 heavy (non-hydrogen) atoms. The average molecular weight is 274 g/mol. The lowest BCUT2D eigenvalue weighted by Crippen LogP contribution is -1.82. The third-order valence-corrected chi connectivity index (χ3v) is 2.78. The number of nitrogens with zero attached hydrogens (tertiary/aromatic N) is 3. The molecule has 3 aromatic rings. The molecule has 0 radical (unpaired) electrons. The molecule has 4 heteroatoms. The summed E-state index contributed by atoms with van der Waals surface area (Å²) in [4.78, 5) is 8.88. The van der Waals surface area contributed by atoms with Gasteiger partial charge >= 0.3 is 0 Å². The van der Waals surface area contributed by atoms with Gasteiger partial charge in [0.05, 0.1) is 5.69 Å². The summed E-state index contributed by atoms with van der Waals surface area (Å²) in [6.45, 7) is 0. The molecule has 0 aliphatic heterocycles. The number of imidazole rings is 1. The van der Waals surface area contributed by atoms with Crippen molar-refractivity contribution in [3.8, 4) is 11.4 Å². The van der Waals surface area contributed by atoms with Crippen LogP contribution in [-0.2, 0) is 0 Å². The van der Waals surface area contributed by atoms with Crippen molar-refractivity contribution in [1.29, 1.82) is 0 Å². The first-order valence-corrected chi connectivity index (χ1v) is 5.69. The van der Waals surface area contributed by atoms with Gasteiger partial charge in [0.15, 0.2) is 0 Å². The monoisotopic (exact) mass is 273 g/mol. The minimum Gasteiger partial charge on any atom is -0.306 e. The molecular weight excluding hydrogens is 266 g/mol. The molecule has 0 aliphatic carbocycles. The molecule has 0 saturated carbocycles. The normalized spacial score (nSPS) is 10.8. The molecule has 3 heterocycles. The minimum atomic E-state index is 0.821. The number of fused-ring (bicyclic) bond motifs is 1. The molecule has 78 valence electrons. The van der Waals surface area contributed by atoms with Gasteiger partial charge < -0.3 is 4.40 Å². The van der Waals surface area contributed by atoms with E-state index in [2.05, 4.69) is 25.9 Å². The SMILES string of the molecule is Brc1cccc(-c2cn3ccccc3n2)n1. The van der Waals surface area contributed by atoms with Crippen LogP contribution in [0.2, 0.25) is 0 Å². The number of hydrogen-bond acceptors (Lipinski definition) is 2. The molecule has 0 aromatic carbocycles. The van der Waals surface area contributed by atoms with Crippen LogP contribution < -0.4 is 0 Å². The van der Waals surface area contributed by atoms with Crippen molar-refractivity contribution < 1.29 is 0 Å². The molecule has 0 N–H and O–H groups in total. The van der Waals surface area contributed by atoms with Crippen LogP contribution in [0.25, 0.3) is 17.0 Å². The van der Waals surface area contributed by atoms with Crippen molar-refractivity contribution in [1.82, 2.24) is 14.4 Å².